The van der Waals surface area contributed by atoms with Gasteiger partial charge in [0.15, 0.2) is 5.82 Å². The Morgan fingerprint density at radius 2 is 1.76 bits per heavy atom. The summed E-state index contributed by atoms with van der Waals surface area (Å²) in [6, 6.07) is 9.87. The van der Waals surface area contributed by atoms with Gasteiger partial charge in [-0.3, -0.25) is 0 Å². The largest absolute Gasteiger partial charge is 0.369 e. The van der Waals surface area contributed by atoms with Gasteiger partial charge >= 0.3 is 0 Å². The summed E-state index contributed by atoms with van der Waals surface area (Å²) in [5, 5.41) is 0.405. The van der Waals surface area contributed by atoms with E-state index >= 15 is 0 Å². The minimum Gasteiger partial charge on any atom is -0.369 e. The summed E-state index contributed by atoms with van der Waals surface area (Å²) >= 11 is 9.74. The number of methoxy groups -OCH3 is 1. The van der Waals surface area contributed by atoms with Crippen LogP contribution >= 0.6 is 27.5 Å². The Bertz CT molecular complexity index is 626. The molecular formula is C16H18BrClN2O. The van der Waals surface area contributed by atoms with E-state index in [1.54, 1.807) is 7.11 Å². The van der Waals surface area contributed by atoms with Gasteiger partial charge in [0.1, 0.15) is 11.3 Å². The predicted octanol–water partition coefficient (Wildman–Crippen LogP) is 4.93. The Morgan fingerprint density at radius 3 is 2.29 bits per heavy atom. The Balaban J connectivity index is 2.56. The van der Waals surface area contributed by atoms with Crippen molar-refractivity contribution in [2.24, 2.45) is 0 Å². The summed E-state index contributed by atoms with van der Waals surface area (Å²) in [5.74, 6) is 0.571. The number of rotatable bonds is 3. The van der Waals surface area contributed by atoms with Crippen molar-refractivity contribution >= 4 is 27.5 Å². The summed E-state index contributed by atoms with van der Waals surface area (Å²) in [7, 11) is 1.65. The minimum absolute atomic E-state index is 0.144. The first-order chi connectivity index (χ1) is 9.84. The fourth-order valence-electron chi connectivity index (χ4n) is 2.07. The van der Waals surface area contributed by atoms with Gasteiger partial charge in [-0.25, -0.2) is 9.97 Å². The quantitative estimate of drug-likeness (QED) is 0.720. The molecule has 3 nitrogen and oxygen atoms in total. The lowest BCUT2D eigenvalue weighted by molar-refractivity contribution is 0.128. The van der Waals surface area contributed by atoms with Gasteiger partial charge in [-0.1, -0.05) is 62.7 Å². The maximum absolute atomic E-state index is 6.26. The molecule has 5 heteroatoms. The second kappa shape index (κ2) is 6.42. The number of ether oxygens (including phenoxy) is 1. The maximum Gasteiger partial charge on any atom is 0.163 e. The van der Waals surface area contributed by atoms with Gasteiger partial charge in [-0.15, -0.1) is 0 Å². The zero-order valence-corrected chi connectivity index (χ0v) is 14.9. The monoisotopic (exact) mass is 368 g/mol. The summed E-state index contributed by atoms with van der Waals surface area (Å²) < 4.78 is 6.33. The molecule has 1 aromatic heterocycles. The molecule has 0 N–H and O–H groups in total. The Morgan fingerprint density at radius 1 is 1.14 bits per heavy atom. The summed E-state index contributed by atoms with van der Waals surface area (Å²) in [6.45, 7) is 6.26. The van der Waals surface area contributed by atoms with Crippen molar-refractivity contribution in [2.75, 3.05) is 7.11 Å². The van der Waals surface area contributed by atoms with E-state index in [4.69, 9.17) is 16.3 Å². The van der Waals surface area contributed by atoms with Gasteiger partial charge in [-0.05, 0) is 21.5 Å². The molecule has 0 radical (unpaired) electrons. The molecule has 2 rings (SSSR count). The van der Waals surface area contributed by atoms with Gasteiger partial charge in [0.25, 0.3) is 0 Å². The highest BCUT2D eigenvalue weighted by molar-refractivity contribution is 9.10. The highest BCUT2D eigenvalue weighted by atomic mass is 79.9. The van der Waals surface area contributed by atoms with Crippen molar-refractivity contribution in [1.29, 1.82) is 0 Å². The average Bonchev–Trinajstić information content (AvgIpc) is 2.43. The average molecular weight is 370 g/mol. The molecule has 1 unspecified atom stereocenters. The van der Waals surface area contributed by atoms with Gasteiger partial charge in [0, 0.05) is 12.5 Å². The van der Waals surface area contributed by atoms with Crippen molar-refractivity contribution in [3.63, 3.8) is 0 Å². The van der Waals surface area contributed by atoms with Crippen LogP contribution in [-0.4, -0.2) is 17.1 Å². The molecule has 0 bridgehead atoms. The third-order valence-electron chi connectivity index (χ3n) is 3.11. The Labute approximate surface area is 138 Å². The standard InChI is InChI=1S/C16H18BrClN2O/c1-16(2,3)13-11(17)14(18)20-15(19-13)12(21-4)10-8-6-5-7-9-10/h5-9,12H,1-4H3. The number of benzene rings is 1. The van der Waals surface area contributed by atoms with Gasteiger partial charge < -0.3 is 4.74 Å². The van der Waals surface area contributed by atoms with E-state index in [0.717, 1.165) is 15.7 Å². The fraction of sp³-hybridized carbons (Fsp3) is 0.375. The number of nitrogens with zero attached hydrogens (tertiary/aromatic N) is 2. The molecule has 0 saturated carbocycles. The number of aromatic nitrogens is 2. The lowest BCUT2D eigenvalue weighted by atomic mass is 9.92. The second-order valence-electron chi connectivity index (χ2n) is 5.81. The van der Waals surface area contributed by atoms with Crippen LogP contribution in [-0.2, 0) is 10.2 Å². The van der Waals surface area contributed by atoms with E-state index in [1.807, 2.05) is 30.3 Å². The topological polar surface area (TPSA) is 35.0 Å². The minimum atomic E-state index is -0.335. The Hall–Kier alpha value is -0.970. The molecule has 1 heterocycles. The molecular weight excluding hydrogens is 352 g/mol. The summed E-state index contributed by atoms with van der Waals surface area (Å²) in [4.78, 5) is 9.06. The van der Waals surface area contributed by atoms with Crippen LogP contribution in [0.1, 0.15) is 44.0 Å². The molecule has 0 aliphatic rings. The van der Waals surface area contributed by atoms with Crippen molar-refractivity contribution in [3.05, 3.63) is 57.0 Å². The van der Waals surface area contributed by atoms with Crippen molar-refractivity contribution in [1.82, 2.24) is 9.97 Å². The van der Waals surface area contributed by atoms with E-state index in [9.17, 15) is 0 Å². The van der Waals surface area contributed by atoms with Crippen LogP contribution in [0.3, 0.4) is 0 Å². The lowest BCUT2D eigenvalue weighted by Crippen LogP contribution is -2.19. The van der Waals surface area contributed by atoms with E-state index in [0.29, 0.717) is 11.0 Å². The van der Waals surface area contributed by atoms with E-state index < -0.39 is 0 Å². The fourth-order valence-corrected chi connectivity index (χ4v) is 3.02. The summed E-state index contributed by atoms with van der Waals surface area (Å²) in [5.41, 5.74) is 1.73. The zero-order valence-electron chi connectivity index (χ0n) is 12.5. The van der Waals surface area contributed by atoms with Crippen LogP contribution in [0, 0.1) is 0 Å². The molecule has 0 saturated heterocycles. The molecule has 0 amide bonds. The molecule has 0 aliphatic heterocycles. The predicted molar refractivity (Wildman–Crippen MR) is 88.7 cm³/mol. The van der Waals surface area contributed by atoms with Gasteiger partial charge in [-0.2, -0.15) is 0 Å². The van der Waals surface area contributed by atoms with E-state index in [-0.39, 0.29) is 11.5 Å². The van der Waals surface area contributed by atoms with Crippen LogP contribution in [0.2, 0.25) is 5.15 Å². The molecule has 2 aromatic rings. The third kappa shape index (κ3) is 3.62. The van der Waals surface area contributed by atoms with Crippen LogP contribution in [0.4, 0.5) is 0 Å². The van der Waals surface area contributed by atoms with Crippen molar-refractivity contribution in [3.8, 4) is 0 Å². The first-order valence-electron chi connectivity index (χ1n) is 6.65. The first-order valence-corrected chi connectivity index (χ1v) is 7.83. The van der Waals surface area contributed by atoms with Crippen LogP contribution in [0.15, 0.2) is 34.8 Å². The van der Waals surface area contributed by atoms with Gasteiger partial charge in [0.05, 0.1) is 10.2 Å². The molecule has 1 aromatic carbocycles. The van der Waals surface area contributed by atoms with Gasteiger partial charge in [0.2, 0.25) is 0 Å². The first kappa shape index (κ1) is 16.4. The summed E-state index contributed by atoms with van der Waals surface area (Å²) in [6.07, 6.45) is -0.335. The third-order valence-corrected chi connectivity index (χ3v) is 4.36. The van der Waals surface area contributed by atoms with Crippen LogP contribution in [0.25, 0.3) is 0 Å². The zero-order chi connectivity index (χ0) is 15.6. The van der Waals surface area contributed by atoms with Crippen molar-refractivity contribution in [2.45, 2.75) is 32.3 Å². The number of hydrogen-bond donors (Lipinski definition) is 0. The molecule has 0 fully saturated rings. The van der Waals surface area contributed by atoms with E-state index in [2.05, 4.69) is 46.7 Å². The van der Waals surface area contributed by atoms with E-state index in [1.165, 1.54) is 0 Å². The SMILES string of the molecule is COC(c1ccccc1)c1nc(Cl)c(Br)c(C(C)(C)C)n1. The highest BCUT2D eigenvalue weighted by Gasteiger charge is 2.26. The molecule has 112 valence electrons. The normalized spacial score (nSPS) is 13.2. The maximum atomic E-state index is 6.26. The second-order valence-corrected chi connectivity index (χ2v) is 6.96. The molecule has 0 spiro atoms. The highest BCUT2D eigenvalue weighted by Crippen LogP contribution is 2.34. The Kier molecular flexibility index (Phi) is 5.02. The molecule has 1 atom stereocenters. The molecule has 21 heavy (non-hydrogen) atoms. The van der Waals surface area contributed by atoms with Crippen LogP contribution < -0.4 is 0 Å². The lowest BCUT2D eigenvalue weighted by Gasteiger charge is -2.22. The van der Waals surface area contributed by atoms with Crippen LogP contribution in [0.5, 0.6) is 0 Å². The van der Waals surface area contributed by atoms with Crippen molar-refractivity contribution < 1.29 is 4.74 Å². The number of halogens is 2. The molecule has 0 aliphatic carbocycles. The smallest absolute Gasteiger partial charge is 0.163 e. The number of hydrogen-bond acceptors (Lipinski definition) is 3.